The van der Waals surface area contributed by atoms with Crippen molar-refractivity contribution in [1.82, 2.24) is 5.43 Å². The number of hydrazone groups is 1. The molecule has 0 aromatic heterocycles. The minimum Gasteiger partial charge on any atom is -0.493 e. The third kappa shape index (κ3) is 3.81. The number of nitrogens with zero attached hydrogens (tertiary/aromatic N) is 1. The van der Waals surface area contributed by atoms with Gasteiger partial charge in [-0.05, 0) is 18.2 Å². The molecule has 0 spiro atoms. The van der Waals surface area contributed by atoms with Gasteiger partial charge >= 0.3 is 6.43 Å². The Morgan fingerprint density at radius 1 is 1.33 bits per heavy atom. The van der Waals surface area contributed by atoms with Gasteiger partial charge in [0.25, 0.3) is 11.6 Å². The van der Waals surface area contributed by atoms with E-state index in [1.165, 1.54) is 25.3 Å². The van der Waals surface area contributed by atoms with Gasteiger partial charge in [0.1, 0.15) is 0 Å². The Morgan fingerprint density at radius 3 is 2.67 bits per heavy atom. The van der Waals surface area contributed by atoms with Crippen LogP contribution >= 0.6 is 11.8 Å². The van der Waals surface area contributed by atoms with Crippen LogP contribution in [0.25, 0.3) is 0 Å². The van der Waals surface area contributed by atoms with Crippen molar-refractivity contribution in [3.63, 3.8) is 0 Å². The summed E-state index contributed by atoms with van der Waals surface area (Å²) in [6.45, 7) is 0. The van der Waals surface area contributed by atoms with E-state index in [0.717, 1.165) is 11.8 Å². The van der Waals surface area contributed by atoms with E-state index in [4.69, 9.17) is 4.74 Å². The summed E-state index contributed by atoms with van der Waals surface area (Å²) in [7, 11) is 1.31. The van der Waals surface area contributed by atoms with E-state index in [0.29, 0.717) is 17.0 Å². The molecule has 21 heavy (non-hydrogen) atoms. The lowest BCUT2D eigenvalue weighted by molar-refractivity contribution is -0.0677. The van der Waals surface area contributed by atoms with Crippen molar-refractivity contribution in [2.24, 2.45) is 5.10 Å². The SMILES string of the molecule is COc1cc(C2=NNC(=O)SC2)ccc1OC(F)C(F)F. The second kappa shape index (κ2) is 6.70. The van der Waals surface area contributed by atoms with Gasteiger partial charge in [0, 0.05) is 11.3 Å². The van der Waals surface area contributed by atoms with Gasteiger partial charge in [0.15, 0.2) is 11.5 Å². The molecule has 1 N–H and O–H groups in total. The first-order chi connectivity index (χ1) is 10.0. The number of nitrogens with one attached hydrogen (secondary N) is 1. The van der Waals surface area contributed by atoms with Crippen LogP contribution in [-0.2, 0) is 0 Å². The Hall–Kier alpha value is -1.90. The molecular weight excluding hydrogens is 309 g/mol. The number of carbonyl (C=O) groups is 1. The molecule has 5 nitrogen and oxygen atoms in total. The lowest BCUT2D eigenvalue weighted by atomic mass is 10.1. The molecule has 1 amide bonds. The third-order valence-electron chi connectivity index (χ3n) is 2.56. The molecule has 1 aliphatic rings. The van der Waals surface area contributed by atoms with Crippen LogP contribution in [0, 0.1) is 0 Å². The van der Waals surface area contributed by atoms with E-state index in [1.807, 2.05) is 0 Å². The fourth-order valence-corrected chi connectivity index (χ4v) is 2.19. The van der Waals surface area contributed by atoms with Crippen LogP contribution in [0.3, 0.4) is 0 Å². The number of methoxy groups -OCH3 is 1. The highest BCUT2D eigenvalue weighted by molar-refractivity contribution is 8.14. The van der Waals surface area contributed by atoms with Crippen molar-refractivity contribution in [2.45, 2.75) is 12.8 Å². The summed E-state index contributed by atoms with van der Waals surface area (Å²) in [6.07, 6.45) is -5.98. The van der Waals surface area contributed by atoms with Crippen LogP contribution in [0.2, 0.25) is 0 Å². The van der Waals surface area contributed by atoms with Crippen LogP contribution in [0.1, 0.15) is 5.56 Å². The van der Waals surface area contributed by atoms with Crippen LogP contribution in [0.5, 0.6) is 11.5 Å². The lowest BCUT2D eigenvalue weighted by Crippen LogP contribution is -2.24. The second-order valence-electron chi connectivity index (χ2n) is 3.92. The summed E-state index contributed by atoms with van der Waals surface area (Å²) in [5, 5.41) is 3.62. The number of hydrogen-bond acceptors (Lipinski definition) is 5. The van der Waals surface area contributed by atoms with Gasteiger partial charge in [0.05, 0.1) is 12.8 Å². The highest BCUT2D eigenvalue weighted by Crippen LogP contribution is 2.31. The van der Waals surface area contributed by atoms with Crippen molar-refractivity contribution >= 4 is 22.7 Å². The van der Waals surface area contributed by atoms with Gasteiger partial charge in [-0.15, -0.1) is 0 Å². The van der Waals surface area contributed by atoms with Gasteiger partial charge in [0.2, 0.25) is 0 Å². The minimum absolute atomic E-state index is 0.0976. The number of benzene rings is 1. The van der Waals surface area contributed by atoms with E-state index in [1.54, 1.807) is 0 Å². The van der Waals surface area contributed by atoms with Gasteiger partial charge in [-0.25, -0.2) is 14.2 Å². The number of carbonyl (C=O) groups excluding carboxylic acids is 1. The smallest absolute Gasteiger partial charge is 0.304 e. The molecule has 0 aliphatic carbocycles. The standard InChI is InChI=1S/C12H11F3N2O3S/c1-19-9-4-6(7-5-21-12(18)17-16-7)2-3-8(9)20-11(15)10(13)14/h2-4,10-11H,5H2,1H3,(H,17,18). The zero-order valence-electron chi connectivity index (χ0n) is 10.8. The summed E-state index contributed by atoms with van der Waals surface area (Å²) >= 11 is 1.04. The van der Waals surface area contributed by atoms with E-state index in [2.05, 4.69) is 15.3 Å². The fourth-order valence-electron chi connectivity index (χ4n) is 1.58. The molecule has 0 saturated carbocycles. The highest BCUT2D eigenvalue weighted by Gasteiger charge is 2.23. The average Bonchev–Trinajstić information content (AvgIpc) is 2.48. The average molecular weight is 320 g/mol. The third-order valence-corrected chi connectivity index (χ3v) is 3.33. The number of alkyl halides is 3. The van der Waals surface area contributed by atoms with Crippen LogP contribution < -0.4 is 14.9 Å². The lowest BCUT2D eigenvalue weighted by Gasteiger charge is -2.16. The molecule has 0 radical (unpaired) electrons. The van der Waals surface area contributed by atoms with Crippen molar-refractivity contribution in [3.8, 4) is 11.5 Å². The summed E-state index contributed by atoms with van der Waals surface area (Å²) in [5.74, 6) is 0.320. The predicted octanol–water partition coefficient (Wildman–Crippen LogP) is 2.80. The Kier molecular flexibility index (Phi) is 4.94. The summed E-state index contributed by atoms with van der Waals surface area (Å²) < 4.78 is 46.7. The molecule has 114 valence electrons. The Balaban J connectivity index is 2.22. The Labute approximate surface area is 122 Å². The Bertz CT molecular complexity index is 569. The Morgan fingerprint density at radius 2 is 2.10 bits per heavy atom. The molecule has 1 aromatic carbocycles. The normalized spacial score (nSPS) is 16.2. The summed E-state index contributed by atoms with van der Waals surface area (Å²) in [6, 6.07) is 4.31. The molecule has 1 aliphatic heterocycles. The fraction of sp³-hybridized carbons (Fsp3) is 0.333. The van der Waals surface area contributed by atoms with Gasteiger partial charge in [-0.3, -0.25) is 4.79 Å². The molecule has 1 unspecified atom stereocenters. The molecule has 2 rings (SSSR count). The number of hydrogen-bond donors (Lipinski definition) is 1. The zero-order valence-corrected chi connectivity index (χ0v) is 11.6. The number of ether oxygens (including phenoxy) is 2. The molecular formula is C12H11F3N2O3S. The van der Waals surface area contributed by atoms with E-state index >= 15 is 0 Å². The van der Waals surface area contributed by atoms with Gasteiger partial charge in [-0.2, -0.15) is 9.49 Å². The quantitative estimate of drug-likeness (QED) is 0.906. The summed E-state index contributed by atoms with van der Waals surface area (Å²) in [5.41, 5.74) is 3.50. The highest BCUT2D eigenvalue weighted by atomic mass is 32.2. The van der Waals surface area contributed by atoms with Gasteiger partial charge in [-0.1, -0.05) is 11.8 Å². The maximum absolute atomic E-state index is 12.9. The van der Waals surface area contributed by atoms with Crippen molar-refractivity contribution < 1.29 is 27.4 Å². The number of halogens is 3. The van der Waals surface area contributed by atoms with Gasteiger partial charge < -0.3 is 9.47 Å². The molecule has 0 fully saturated rings. The zero-order chi connectivity index (χ0) is 15.4. The van der Waals surface area contributed by atoms with E-state index in [9.17, 15) is 18.0 Å². The predicted molar refractivity (Wildman–Crippen MR) is 72.0 cm³/mol. The summed E-state index contributed by atoms with van der Waals surface area (Å²) in [4.78, 5) is 11.0. The van der Waals surface area contributed by atoms with Crippen molar-refractivity contribution in [2.75, 3.05) is 12.9 Å². The first-order valence-electron chi connectivity index (χ1n) is 5.78. The molecule has 1 atom stereocenters. The second-order valence-corrected chi connectivity index (χ2v) is 4.86. The molecule has 1 aromatic rings. The number of amides is 1. The first-order valence-corrected chi connectivity index (χ1v) is 6.76. The largest absolute Gasteiger partial charge is 0.493 e. The van der Waals surface area contributed by atoms with Crippen LogP contribution in [0.15, 0.2) is 23.3 Å². The molecule has 0 saturated heterocycles. The van der Waals surface area contributed by atoms with Crippen LogP contribution in [-0.4, -0.2) is 36.6 Å². The van der Waals surface area contributed by atoms with Crippen LogP contribution in [0.4, 0.5) is 18.0 Å². The van der Waals surface area contributed by atoms with E-state index < -0.39 is 12.8 Å². The maximum Gasteiger partial charge on any atom is 0.304 e. The number of thioether (sulfide) groups is 1. The van der Waals surface area contributed by atoms with Crippen molar-refractivity contribution in [3.05, 3.63) is 23.8 Å². The van der Waals surface area contributed by atoms with Crippen molar-refractivity contribution in [1.29, 1.82) is 0 Å². The first kappa shape index (κ1) is 15.5. The van der Waals surface area contributed by atoms with E-state index in [-0.39, 0.29) is 16.7 Å². The number of rotatable bonds is 5. The molecule has 1 heterocycles. The maximum atomic E-state index is 12.9. The molecule has 0 bridgehead atoms. The minimum atomic E-state index is -3.25. The topological polar surface area (TPSA) is 59.9 Å². The monoisotopic (exact) mass is 320 g/mol. The molecule has 9 heteroatoms.